The number of rotatable bonds is 4. The SMILES string of the molecule is Cl.Cl.NC1(C(=O)NCC(=O)N2CCN(c3ccccc3)CC2)CCCCC1. The second kappa shape index (κ2) is 10.7. The van der Waals surface area contributed by atoms with Crippen molar-refractivity contribution in [1.82, 2.24) is 10.2 Å². The van der Waals surface area contributed by atoms with E-state index in [4.69, 9.17) is 5.73 Å². The number of nitrogens with zero attached hydrogens (tertiary/aromatic N) is 2. The molecule has 1 saturated heterocycles. The number of nitrogens with two attached hydrogens (primary N) is 1. The summed E-state index contributed by atoms with van der Waals surface area (Å²) in [6.07, 6.45) is 4.53. The van der Waals surface area contributed by atoms with Crippen molar-refractivity contribution in [3.63, 3.8) is 0 Å². The molecule has 2 fully saturated rings. The highest BCUT2D eigenvalue weighted by Gasteiger charge is 2.35. The first-order valence-corrected chi connectivity index (χ1v) is 9.23. The van der Waals surface area contributed by atoms with Crippen LogP contribution >= 0.6 is 24.8 Å². The Morgan fingerprint density at radius 1 is 0.963 bits per heavy atom. The third-order valence-corrected chi connectivity index (χ3v) is 5.35. The number of amides is 2. The maximum atomic E-state index is 12.4. The summed E-state index contributed by atoms with van der Waals surface area (Å²) in [7, 11) is 0. The summed E-state index contributed by atoms with van der Waals surface area (Å²) in [5.41, 5.74) is 6.60. The zero-order valence-electron chi connectivity index (χ0n) is 15.6. The second-order valence-electron chi connectivity index (χ2n) is 7.10. The predicted molar refractivity (Wildman–Crippen MR) is 113 cm³/mol. The van der Waals surface area contributed by atoms with E-state index < -0.39 is 5.54 Å². The first kappa shape index (κ1) is 23.5. The predicted octanol–water partition coefficient (Wildman–Crippen LogP) is 1.96. The minimum Gasteiger partial charge on any atom is -0.368 e. The van der Waals surface area contributed by atoms with E-state index >= 15 is 0 Å². The molecule has 27 heavy (non-hydrogen) atoms. The normalized spacial score (nSPS) is 18.7. The Bertz CT molecular complexity index is 601. The van der Waals surface area contributed by atoms with E-state index in [0.29, 0.717) is 25.9 Å². The summed E-state index contributed by atoms with van der Waals surface area (Å²) in [5, 5.41) is 2.76. The second-order valence-corrected chi connectivity index (χ2v) is 7.10. The highest BCUT2D eigenvalue weighted by atomic mass is 35.5. The van der Waals surface area contributed by atoms with E-state index in [2.05, 4.69) is 22.3 Å². The molecular formula is C19H30Cl2N4O2. The van der Waals surface area contributed by atoms with Gasteiger partial charge in [-0.2, -0.15) is 0 Å². The van der Waals surface area contributed by atoms with Crippen LogP contribution in [0.4, 0.5) is 5.69 Å². The van der Waals surface area contributed by atoms with Gasteiger partial charge in [-0.15, -0.1) is 24.8 Å². The van der Waals surface area contributed by atoms with Crippen molar-refractivity contribution in [3.8, 4) is 0 Å². The molecule has 0 unspecified atom stereocenters. The van der Waals surface area contributed by atoms with E-state index in [0.717, 1.165) is 32.4 Å². The molecule has 0 spiro atoms. The van der Waals surface area contributed by atoms with Crippen molar-refractivity contribution < 1.29 is 9.59 Å². The molecule has 1 aromatic rings. The van der Waals surface area contributed by atoms with E-state index in [1.54, 1.807) is 0 Å². The maximum Gasteiger partial charge on any atom is 0.242 e. The number of piperazine rings is 1. The van der Waals surface area contributed by atoms with Crippen LogP contribution < -0.4 is 16.0 Å². The first-order valence-electron chi connectivity index (χ1n) is 9.23. The molecule has 8 heteroatoms. The van der Waals surface area contributed by atoms with Gasteiger partial charge < -0.3 is 20.9 Å². The number of para-hydroxylation sites is 1. The van der Waals surface area contributed by atoms with Crippen molar-refractivity contribution in [3.05, 3.63) is 30.3 Å². The van der Waals surface area contributed by atoms with Crippen LogP contribution in [0.1, 0.15) is 32.1 Å². The summed E-state index contributed by atoms with van der Waals surface area (Å²) in [6.45, 7) is 3.02. The molecule has 1 aliphatic heterocycles. The van der Waals surface area contributed by atoms with Crippen LogP contribution in [0, 0.1) is 0 Å². The summed E-state index contributed by atoms with van der Waals surface area (Å²) >= 11 is 0. The van der Waals surface area contributed by atoms with E-state index in [1.807, 2.05) is 23.1 Å². The molecule has 2 amide bonds. The molecule has 1 heterocycles. The van der Waals surface area contributed by atoms with Gasteiger partial charge in [-0.3, -0.25) is 9.59 Å². The molecule has 152 valence electrons. The summed E-state index contributed by atoms with van der Waals surface area (Å²) in [4.78, 5) is 28.8. The Balaban J connectivity index is 0.00000182. The Labute approximate surface area is 173 Å². The fourth-order valence-corrected chi connectivity index (χ4v) is 3.71. The van der Waals surface area contributed by atoms with Gasteiger partial charge in [0.05, 0.1) is 12.1 Å². The Morgan fingerprint density at radius 3 is 2.15 bits per heavy atom. The van der Waals surface area contributed by atoms with Gasteiger partial charge in [0.25, 0.3) is 0 Å². The van der Waals surface area contributed by atoms with Crippen LogP contribution in [0.25, 0.3) is 0 Å². The van der Waals surface area contributed by atoms with E-state index in [-0.39, 0.29) is 43.2 Å². The minimum absolute atomic E-state index is 0. The average Bonchev–Trinajstić information content (AvgIpc) is 2.67. The number of nitrogens with one attached hydrogen (secondary N) is 1. The monoisotopic (exact) mass is 416 g/mol. The quantitative estimate of drug-likeness (QED) is 0.785. The van der Waals surface area contributed by atoms with Crippen LogP contribution in [0.3, 0.4) is 0 Å². The van der Waals surface area contributed by atoms with E-state index in [9.17, 15) is 9.59 Å². The van der Waals surface area contributed by atoms with Gasteiger partial charge in [0.1, 0.15) is 0 Å². The number of benzene rings is 1. The summed E-state index contributed by atoms with van der Waals surface area (Å²) in [6, 6.07) is 10.2. The number of hydrogen-bond donors (Lipinski definition) is 2. The van der Waals surface area contributed by atoms with Crippen molar-refractivity contribution in [2.75, 3.05) is 37.6 Å². The summed E-state index contributed by atoms with van der Waals surface area (Å²) < 4.78 is 0. The highest BCUT2D eigenvalue weighted by molar-refractivity contribution is 5.90. The maximum absolute atomic E-state index is 12.4. The zero-order chi connectivity index (χ0) is 17.7. The molecule has 0 atom stereocenters. The largest absolute Gasteiger partial charge is 0.368 e. The highest BCUT2D eigenvalue weighted by Crippen LogP contribution is 2.25. The molecule has 1 saturated carbocycles. The van der Waals surface area contributed by atoms with Gasteiger partial charge in [-0.25, -0.2) is 0 Å². The Kier molecular flexibility index (Phi) is 9.36. The first-order chi connectivity index (χ1) is 12.1. The standard InChI is InChI=1S/C19H28N4O2.2ClH/c20-19(9-5-2-6-10-19)18(25)21-15-17(24)23-13-11-22(12-14-23)16-7-3-1-4-8-16;;/h1,3-4,7-8H,2,5-6,9-15,20H2,(H,21,25);2*1H. The third-order valence-electron chi connectivity index (χ3n) is 5.35. The molecular weight excluding hydrogens is 387 g/mol. The van der Waals surface area contributed by atoms with Gasteiger partial charge in [-0.1, -0.05) is 37.5 Å². The average molecular weight is 417 g/mol. The fraction of sp³-hybridized carbons (Fsp3) is 0.579. The van der Waals surface area contributed by atoms with Gasteiger partial charge in [0, 0.05) is 31.9 Å². The van der Waals surface area contributed by atoms with Crippen molar-refractivity contribution >= 4 is 42.3 Å². The number of carbonyl (C=O) groups is 2. The van der Waals surface area contributed by atoms with Gasteiger partial charge >= 0.3 is 0 Å². The lowest BCUT2D eigenvalue weighted by Gasteiger charge is -2.36. The number of carbonyl (C=O) groups excluding carboxylic acids is 2. The van der Waals surface area contributed by atoms with Gasteiger partial charge in [0.2, 0.25) is 11.8 Å². The zero-order valence-corrected chi connectivity index (χ0v) is 17.2. The molecule has 2 aliphatic rings. The Morgan fingerprint density at radius 2 is 1.56 bits per heavy atom. The number of hydrogen-bond acceptors (Lipinski definition) is 4. The van der Waals surface area contributed by atoms with Crippen LogP contribution in [0.5, 0.6) is 0 Å². The smallest absolute Gasteiger partial charge is 0.242 e. The lowest BCUT2D eigenvalue weighted by molar-refractivity contribution is -0.135. The van der Waals surface area contributed by atoms with Crippen LogP contribution in [0.2, 0.25) is 0 Å². The van der Waals surface area contributed by atoms with Crippen LogP contribution in [-0.2, 0) is 9.59 Å². The van der Waals surface area contributed by atoms with Crippen molar-refractivity contribution in [1.29, 1.82) is 0 Å². The van der Waals surface area contributed by atoms with Gasteiger partial charge in [-0.05, 0) is 25.0 Å². The van der Waals surface area contributed by atoms with Gasteiger partial charge in [0.15, 0.2) is 0 Å². The Hall–Kier alpha value is -1.50. The van der Waals surface area contributed by atoms with Crippen molar-refractivity contribution in [2.24, 2.45) is 5.73 Å². The third kappa shape index (κ3) is 5.99. The number of halogens is 2. The molecule has 3 rings (SSSR count). The lowest BCUT2D eigenvalue weighted by Crippen LogP contribution is -2.57. The topological polar surface area (TPSA) is 78.7 Å². The molecule has 0 bridgehead atoms. The molecule has 1 aliphatic carbocycles. The molecule has 6 nitrogen and oxygen atoms in total. The van der Waals surface area contributed by atoms with Crippen molar-refractivity contribution in [2.45, 2.75) is 37.6 Å². The molecule has 0 radical (unpaired) electrons. The summed E-state index contributed by atoms with van der Waals surface area (Å²) in [5.74, 6) is -0.205. The molecule has 1 aromatic carbocycles. The van der Waals surface area contributed by atoms with Crippen LogP contribution in [0.15, 0.2) is 30.3 Å². The fourth-order valence-electron chi connectivity index (χ4n) is 3.71. The minimum atomic E-state index is -0.787. The number of anilines is 1. The van der Waals surface area contributed by atoms with Crippen LogP contribution in [-0.4, -0.2) is 55.0 Å². The molecule has 3 N–H and O–H groups in total. The van der Waals surface area contributed by atoms with E-state index in [1.165, 1.54) is 5.69 Å². The lowest BCUT2D eigenvalue weighted by atomic mass is 9.82. The molecule has 0 aromatic heterocycles.